The van der Waals surface area contributed by atoms with Gasteiger partial charge in [0.1, 0.15) is 5.69 Å². The van der Waals surface area contributed by atoms with Crippen LogP contribution in [-0.2, 0) is 6.18 Å². The van der Waals surface area contributed by atoms with Gasteiger partial charge in [0.05, 0.1) is 5.56 Å². The van der Waals surface area contributed by atoms with Crippen molar-refractivity contribution in [2.24, 2.45) is 5.92 Å². The summed E-state index contributed by atoms with van der Waals surface area (Å²) in [5.74, 6) is 0.304. The molecule has 1 atom stereocenters. The van der Waals surface area contributed by atoms with Gasteiger partial charge in [-0.3, -0.25) is 9.78 Å². The molecule has 0 spiro atoms. The predicted molar refractivity (Wildman–Crippen MR) is 78.9 cm³/mol. The molecule has 0 radical (unpaired) electrons. The van der Waals surface area contributed by atoms with Crippen molar-refractivity contribution in [1.29, 1.82) is 0 Å². The molecule has 2 saturated heterocycles. The molecular weight excluding hydrogens is 307 g/mol. The third-order valence-corrected chi connectivity index (χ3v) is 4.80. The quantitative estimate of drug-likeness (QED) is 0.908. The molecule has 0 aromatic carbocycles. The van der Waals surface area contributed by atoms with E-state index in [1.165, 1.54) is 12.8 Å². The van der Waals surface area contributed by atoms with Gasteiger partial charge in [-0.15, -0.1) is 0 Å². The minimum absolute atomic E-state index is 0.0791. The van der Waals surface area contributed by atoms with Crippen LogP contribution in [0.15, 0.2) is 18.3 Å². The SMILES string of the molecule is O=C(c1ccc(C(F)(F)F)cn1)N1CCC(C2CCCN2)CC1. The molecule has 7 heteroatoms. The highest BCUT2D eigenvalue weighted by atomic mass is 19.4. The van der Waals surface area contributed by atoms with Crippen LogP contribution in [0.4, 0.5) is 13.2 Å². The third-order valence-electron chi connectivity index (χ3n) is 4.80. The Morgan fingerprint density at radius 3 is 2.48 bits per heavy atom. The number of hydrogen-bond acceptors (Lipinski definition) is 3. The van der Waals surface area contributed by atoms with Gasteiger partial charge >= 0.3 is 6.18 Å². The van der Waals surface area contributed by atoms with Crippen molar-refractivity contribution in [2.75, 3.05) is 19.6 Å². The summed E-state index contributed by atoms with van der Waals surface area (Å²) in [6.07, 6.45) is 0.566. The smallest absolute Gasteiger partial charge is 0.337 e. The highest BCUT2D eigenvalue weighted by Crippen LogP contribution is 2.29. The van der Waals surface area contributed by atoms with Crippen molar-refractivity contribution < 1.29 is 18.0 Å². The minimum atomic E-state index is -4.43. The largest absolute Gasteiger partial charge is 0.417 e. The highest BCUT2D eigenvalue weighted by Gasteiger charge is 2.32. The van der Waals surface area contributed by atoms with Crippen LogP contribution in [0.25, 0.3) is 0 Å². The summed E-state index contributed by atoms with van der Waals surface area (Å²) in [5, 5.41) is 3.50. The number of nitrogens with zero attached hydrogens (tertiary/aromatic N) is 2. The molecule has 4 nitrogen and oxygen atoms in total. The molecule has 1 amide bonds. The summed E-state index contributed by atoms with van der Waals surface area (Å²) in [6.45, 7) is 2.36. The molecule has 3 rings (SSSR count). The number of pyridine rings is 1. The maximum atomic E-state index is 12.5. The van der Waals surface area contributed by atoms with Crippen LogP contribution >= 0.6 is 0 Å². The number of nitrogens with one attached hydrogen (secondary N) is 1. The second-order valence-corrected chi connectivity index (χ2v) is 6.26. The fourth-order valence-electron chi connectivity index (χ4n) is 3.47. The molecule has 0 saturated carbocycles. The number of rotatable bonds is 2. The number of hydrogen-bond donors (Lipinski definition) is 1. The summed E-state index contributed by atoms with van der Waals surface area (Å²) in [5.41, 5.74) is -0.754. The Labute approximate surface area is 133 Å². The first-order valence-electron chi connectivity index (χ1n) is 8.01. The Morgan fingerprint density at radius 1 is 1.22 bits per heavy atom. The number of piperidine rings is 1. The molecule has 3 heterocycles. The van der Waals surface area contributed by atoms with E-state index in [1.807, 2.05) is 0 Å². The highest BCUT2D eigenvalue weighted by molar-refractivity contribution is 5.92. The second kappa shape index (κ2) is 6.47. The number of halogens is 3. The van der Waals surface area contributed by atoms with Crippen molar-refractivity contribution in [1.82, 2.24) is 15.2 Å². The number of aromatic nitrogens is 1. The molecular formula is C16H20F3N3O. The third kappa shape index (κ3) is 3.65. The van der Waals surface area contributed by atoms with Crippen LogP contribution in [0.1, 0.15) is 41.7 Å². The molecule has 2 aliphatic rings. The van der Waals surface area contributed by atoms with E-state index < -0.39 is 11.7 Å². The number of carbonyl (C=O) groups excluding carboxylic acids is 1. The summed E-state index contributed by atoms with van der Waals surface area (Å²) in [7, 11) is 0. The Hall–Kier alpha value is -1.63. The number of amides is 1. The Bertz CT molecular complexity index is 545. The zero-order valence-corrected chi connectivity index (χ0v) is 12.8. The molecule has 1 aromatic rings. The molecule has 0 bridgehead atoms. The van der Waals surface area contributed by atoms with E-state index in [1.54, 1.807) is 4.90 Å². The molecule has 2 aliphatic heterocycles. The monoisotopic (exact) mass is 327 g/mol. The van der Waals surface area contributed by atoms with Crippen molar-refractivity contribution >= 4 is 5.91 Å². The van der Waals surface area contributed by atoms with Gasteiger partial charge in [0.15, 0.2) is 0 Å². The van der Waals surface area contributed by atoms with Crippen LogP contribution in [0, 0.1) is 5.92 Å². The Kier molecular flexibility index (Phi) is 4.57. The second-order valence-electron chi connectivity index (χ2n) is 6.26. The van der Waals surface area contributed by atoms with Gasteiger partial charge in [0.2, 0.25) is 0 Å². The molecule has 1 aromatic heterocycles. The van der Waals surface area contributed by atoms with E-state index >= 15 is 0 Å². The lowest BCUT2D eigenvalue weighted by molar-refractivity contribution is -0.137. The molecule has 1 unspecified atom stereocenters. The van der Waals surface area contributed by atoms with Gasteiger partial charge in [0, 0.05) is 25.3 Å². The van der Waals surface area contributed by atoms with Gasteiger partial charge in [-0.05, 0) is 50.3 Å². The van der Waals surface area contributed by atoms with Crippen LogP contribution < -0.4 is 5.32 Å². The molecule has 126 valence electrons. The average molecular weight is 327 g/mol. The molecule has 2 fully saturated rings. The number of carbonyl (C=O) groups is 1. The fourth-order valence-corrected chi connectivity index (χ4v) is 3.47. The Balaban J connectivity index is 1.58. The average Bonchev–Trinajstić information content (AvgIpc) is 3.08. The van der Waals surface area contributed by atoms with E-state index in [9.17, 15) is 18.0 Å². The number of likely N-dealkylation sites (tertiary alicyclic amines) is 1. The van der Waals surface area contributed by atoms with Gasteiger partial charge in [-0.25, -0.2) is 0 Å². The number of alkyl halides is 3. The summed E-state index contributed by atoms with van der Waals surface area (Å²) in [6, 6.07) is 2.63. The van der Waals surface area contributed by atoms with Crippen LogP contribution in [0.2, 0.25) is 0 Å². The minimum Gasteiger partial charge on any atom is -0.337 e. The first-order valence-corrected chi connectivity index (χ1v) is 8.01. The van der Waals surface area contributed by atoms with Crippen LogP contribution in [0.5, 0.6) is 0 Å². The van der Waals surface area contributed by atoms with E-state index in [4.69, 9.17) is 0 Å². The first kappa shape index (κ1) is 16.2. The van der Waals surface area contributed by atoms with Crippen molar-refractivity contribution in [3.63, 3.8) is 0 Å². The molecule has 23 heavy (non-hydrogen) atoms. The van der Waals surface area contributed by atoms with Crippen LogP contribution in [-0.4, -0.2) is 41.5 Å². The van der Waals surface area contributed by atoms with Crippen molar-refractivity contribution in [3.05, 3.63) is 29.6 Å². The molecule has 0 aliphatic carbocycles. The topological polar surface area (TPSA) is 45.2 Å². The van der Waals surface area contributed by atoms with Gasteiger partial charge in [0.25, 0.3) is 5.91 Å². The normalized spacial score (nSPS) is 23.3. The van der Waals surface area contributed by atoms with E-state index in [-0.39, 0.29) is 11.6 Å². The standard InChI is InChI=1S/C16H20F3N3O/c17-16(18,19)12-3-4-14(21-10-12)15(23)22-8-5-11(6-9-22)13-2-1-7-20-13/h3-4,10-11,13,20H,1-2,5-9H2. The molecule has 1 N–H and O–H groups in total. The van der Waals surface area contributed by atoms with E-state index in [2.05, 4.69) is 10.3 Å². The van der Waals surface area contributed by atoms with Gasteiger partial charge < -0.3 is 10.2 Å². The maximum absolute atomic E-state index is 12.5. The zero-order chi connectivity index (χ0) is 16.4. The van der Waals surface area contributed by atoms with Crippen LogP contribution in [0.3, 0.4) is 0 Å². The lowest BCUT2D eigenvalue weighted by Crippen LogP contribution is -2.43. The van der Waals surface area contributed by atoms with Crippen molar-refractivity contribution in [2.45, 2.75) is 37.9 Å². The van der Waals surface area contributed by atoms with E-state index in [0.29, 0.717) is 25.0 Å². The van der Waals surface area contributed by atoms with E-state index in [0.717, 1.165) is 37.7 Å². The van der Waals surface area contributed by atoms with Gasteiger partial charge in [-0.1, -0.05) is 0 Å². The predicted octanol–water partition coefficient (Wildman–Crippen LogP) is 2.70. The Morgan fingerprint density at radius 2 is 1.96 bits per heavy atom. The lowest BCUT2D eigenvalue weighted by Gasteiger charge is -2.34. The summed E-state index contributed by atoms with van der Waals surface area (Å²) >= 11 is 0. The fraction of sp³-hybridized carbons (Fsp3) is 0.625. The maximum Gasteiger partial charge on any atom is 0.417 e. The zero-order valence-electron chi connectivity index (χ0n) is 12.8. The van der Waals surface area contributed by atoms with Crippen molar-refractivity contribution in [3.8, 4) is 0 Å². The van der Waals surface area contributed by atoms with Gasteiger partial charge in [-0.2, -0.15) is 13.2 Å². The lowest BCUT2D eigenvalue weighted by atomic mass is 9.88. The first-order chi connectivity index (χ1) is 10.9. The summed E-state index contributed by atoms with van der Waals surface area (Å²) < 4.78 is 37.6. The summed E-state index contributed by atoms with van der Waals surface area (Å²) in [4.78, 5) is 17.7.